The van der Waals surface area contributed by atoms with Crippen LogP contribution in [0.4, 0.5) is 0 Å². The molecule has 2 aliphatic rings. The average molecular weight is 290 g/mol. The predicted molar refractivity (Wildman–Crippen MR) is 86.2 cm³/mol. The molecule has 4 heteroatoms. The van der Waals surface area contributed by atoms with E-state index in [0.29, 0.717) is 0 Å². The number of piperidine rings is 1. The molecule has 2 saturated heterocycles. The minimum atomic E-state index is 0.0748. The SMILES string of the molecule is CN1C2CCC1CC(CNCc1cnn(C(C)(C)C)c1)C2. The molecular formula is C17H30N4. The second-order valence-electron chi connectivity index (χ2n) is 7.98. The van der Waals surface area contributed by atoms with E-state index < -0.39 is 0 Å². The van der Waals surface area contributed by atoms with E-state index in [4.69, 9.17) is 0 Å². The minimum absolute atomic E-state index is 0.0748. The normalized spacial score (nSPS) is 30.0. The number of nitrogens with one attached hydrogen (secondary N) is 1. The molecule has 2 unspecified atom stereocenters. The average Bonchev–Trinajstić information content (AvgIpc) is 2.93. The van der Waals surface area contributed by atoms with E-state index in [1.54, 1.807) is 0 Å². The molecule has 0 aromatic carbocycles. The highest BCUT2D eigenvalue weighted by Crippen LogP contribution is 2.37. The van der Waals surface area contributed by atoms with Crippen molar-refractivity contribution in [1.82, 2.24) is 20.0 Å². The van der Waals surface area contributed by atoms with Gasteiger partial charge in [-0.15, -0.1) is 0 Å². The molecule has 2 fully saturated rings. The molecule has 0 saturated carbocycles. The number of hydrogen-bond donors (Lipinski definition) is 1. The second-order valence-corrected chi connectivity index (χ2v) is 7.98. The molecule has 1 aromatic heterocycles. The van der Waals surface area contributed by atoms with Gasteiger partial charge in [-0.1, -0.05) is 0 Å². The van der Waals surface area contributed by atoms with Crippen LogP contribution in [0.2, 0.25) is 0 Å². The van der Waals surface area contributed by atoms with Crippen LogP contribution in [-0.2, 0) is 12.1 Å². The Morgan fingerprint density at radius 3 is 2.48 bits per heavy atom. The number of fused-ring (bicyclic) bond motifs is 2. The fourth-order valence-corrected chi connectivity index (χ4v) is 3.93. The molecule has 2 aliphatic heterocycles. The molecule has 2 bridgehead atoms. The lowest BCUT2D eigenvalue weighted by atomic mass is 9.91. The first-order chi connectivity index (χ1) is 9.93. The maximum atomic E-state index is 4.47. The zero-order valence-corrected chi connectivity index (χ0v) is 14.0. The van der Waals surface area contributed by atoms with E-state index in [-0.39, 0.29) is 5.54 Å². The fraction of sp³-hybridized carbons (Fsp3) is 0.824. The maximum absolute atomic E-state index is 4.47. The van der Waals surface area contributed by atoms with E-state index in [1.165, 1.54) is 31.2 Å². The van der Waals surface area contributed by atoms with Gasteiger partial charge in [-0.25, -0.2) is 0 Å². The van der Waals surface area contributed by atoms with Crippen LogP contribution in [0.25, 0.3) is 0 Å². The van der Waals surface area contributed by atoms with Gasteiger partial charge in [0.05, 0.1) is 11.7 Å². The molecule has 1 N–H and O–H groups in total. The molecule has 1 aromatic rings. The van der Waals surface area contributed by atoms with Gasteiger partial charge in [-0.3, -0.25) is 4.68 Å². The van der Waals surface area contributed by atoms with Gasteiger partial charge in [-0.2, -0.15) is 5.10 Å². The maximum Gasteiger partial charge on any atom is 0.0543 e. The van der Waals surface area contributed by atoms with Gasteiger partial charge >= 0.3 is 0 Å². The van der Waals surface area contributed by atoms with Gasteiger partial charge in [0, 0.05) is 30.4 Å². The zero-order chi connectivity index (χ0) is 15.0. The Morgan fingerprint density at radius 1 is 1.24 bits per heavy atom. The highest BCUT2D eigenvalue weighted by molar-refractivity contribution is 5.05. The van der Waals surface area contributed by atoms with Gasteiger partial charge < -0.3 is 10.2 Å². The second kappa shape index (κ2) is 5.73. The molecular weight excluding hydrogens is 260 g/mol. The summed E-state index contributed by atoms with van der Waals surface area (Å²) >= 11 is 0. The Balaban J connectivity index is 1.45. The highest BCUT2D eigenvalue weighted by atomic mass is 15.3. The van der Waals surface area contributed by atoms with Crippen molar-refractivity contribution in [3.63, 3.8) is 0 Å². The topological polar surface area (TPSA) is 33.1 Å². The van der Waals surface area contributed by atoms with Crippen molar-refractivity contribution in [3.05, 3.63) is 18.0 Å². The molecule has 3 rings (SSSR count). The van der Waals surface area contributed by atoms with Crippen LogP contribution in [0.3, 0.4) is 0 Å². The third-order valence-corrected chi connectivity index (χ3v) is 5.28. The van der Waals surface area contributed by atoms with E-state index in [2.05, 4.69) is 54.0 Å². The number of aromatic nitrogens is 2. The van der Waals surface area contributed by atoms with Crippen molar-refractivity contribution in [1.29, 1.82) is 0 Å². The van der Waals surface area contributed by atoms with Gasteiger partial charge in [0.25, 0.3) is 0 Å². The lowest BCUT2D eigenvalue weighted by molar-refractivity contribution is 0.133. The Morgan fingerprint density at radius 2 is 1.90 bits per heavy atom. The number of rotatable bonds is 4. The van der Waals surface area contributed by atoms with Crippen LogP contribution >= 0.6 is 0 Å². The molecule has 2 atom stereocenters. The summed E-state index contributed by atoms with van der Waals surface area (Å²) in [5.74, 6) is 0.858. The van der Waals surface area contributed by atoms with Crippen LogP contribution in [0.1, 0.15) is 52.0 Å². The fourth-order valence-electron chi connectivity index (χ4n) is 3.93. The minimum Gasteiger partial charge on any atom is -0.312 e. The first-order valence-corrected chi connectivity index (χ1v) is 8.40. The zero-order valence-electron chi connectivity index (χ0n) is 14.0. The lowest BCUT2D eigenvalue weighted by Gasteiger charge is -2.36. The predicted octanol–water partition coefficient (Wildman–Crippen LogP) is 2.60. The first kappa shape index (κ1) is 15.0. The monoisotopic (exact) mass is 290 g/mol. The van der Waals surface area contributed by atoms with Crippen LogP contribution < -0.4 is 5.32 Å². The van der Waals surface area contributed by atoms with Gasteiger partial charge in [-0.05, 0) is 66.0 Å². The molecule has 21 heavy (non-hydrogen) atoms. The molecule has 4 nitrogen and oxygen atoms in total. The number of nitrogens with zero attached hydrogens (tertiary/aromatic N) is 3. The standard InChI is InChI=1S/C17H30N4/c1-17(2,3)21-12-14(11-19-21)10-18-9-13-7-15-5-6-16(8-13)20(15)4/h11-13,15-16,18H,5-10H2,1-4H3. The van der Waals surface area contributed by atoms with E-state index in [9.17, 15) is 0 Å². The molecule has 0 spiro atoms. The van der Waals surface area contributed by atoms with Crippen molar-refractivity contribution in [2.75, 3.05) is 13.6 Å². The first-order valence-electron chi connectivity index (χ1n) is 8.40. The Kier molecular flexibility index (Phi) is 4.10. The molecule has 118 valence electrons. The van der Waals surface area contributed by atoms with Crippen molar-refractivity contribution < 1.29 is 0 Å². The van der Waals surface area contributed by atoms with Gasteiger partial charge in [0.15, 0.2) is 0 Å². The third kappa shape index (κ3) is 3.32. The molecule has 0 aliphatic carbocycles. The van der Waals surface area contributed by atoms with Gasteiger partial charge in [0.2, 0.25) is 0 Å². The highest BCUT2D eigenvalue weighted by Gasteiger charge is 2.37. The summed E-state index contributed by atoms with van der Waals surface area (Å²) in [4.78, 5) is 2.61. The van der Waals surface area contributed by atoms with E-state index in [1.807, 2.05) is 6.20 Å². The van der Waals surface area contributed by atoms with E-state index >= 15 is 0 Å². The summed E-state index contributed by atoms with van der Waals surface area (Å²) in [5.41, 5.74) is 1.37. The molecule has 0 amide bonds. The van der Waals surface area contributed by atoms with E-state index in [0.717, 1.165) is 31.1 Å². The van der Waals surface area contributed by atoms with Crippen LogP contribution in [0, 0.1) is 5.92 Å². The smallest absolute Gasteiger partial charge is 0.0543 e. The van der Waals surface area contributed by atoms with Crippen molar-refractivity contribution in [2.45, 2.75) is 70.6 Å². The van der Waals surface area contributed by atoms with Crippen LogP contribution in [0.5, 0.6) is 0 Å². The molecule has 0 radical (unpaired) electrons. The third-order valence-electron chi connectivity index (χ3n) is 5.28. The summed E-state index contributed by atoms with van der Waals surface area (Å²) in [6.07, 6.45) is 9.75. The van der Waals surface area contributed by atoms with Crippen molar-refractivity contribution in [3.8, 4) is 0 Å². The summed E-state index contributed by atoms with van der Waals surface area (Å²) in [6, 6.07) is 1.69. The largest absolute Gasteiger partial charge is 0.312 e. The van der Waals surface area contributed by atoms with Crippen molar-refractivity contribution in [2.24, 2.45) is 5.92 Å². The number of hydrogen-bond acceptors (Lipinski definition) is 3. The van der Waals surface area contributed by atoms with Crippen LogP contribution in [-0.4, -0.2) is 40.4 Å². The van der Waals surface area contributed by atoms with Gasteiger partial charge in [0.1, 0.15) is 0 Å². The Labute approximate surface area is 128 Å². The molecule has 3 heterocycles. The quantitative estimate of drug-likeness (QED) is 0.925. The summed E-state index contributed by atoms with van der Waals surface area (Å²) in [7, 11) is 2.31. The van der Waals surface area contributed by atoms with Crippen molar-refractivity contribution >= 4 is 0 Å². The summed E-state index contributed by atoms with van der Waals surface area (Å²) in [5, 5.41) is 8.11. The summed E-state index contributed by atoms with van der Waals surface area (Å²) < 4.78 is 2.06. The van der Waals surface area contributed by atoms with Crippen LogP contribution in [0.15, 0.2) is 12.4 Å². The Bertz CT molecular complexity index is 459. The Hall–Kier alpha value is -0.870. The summed E-state index contributed by atoms with van der Waals surface area (Å²) in [6.45, 7) is 8.65. The lowest BCUT2D eigenvalue weighted by Crippen LogP contribution is -2.42.